The number of benzene rings is 1. The molecule has 3 heterocycles. The summed E-state index contributed by atoms with van der Waals surface area (Å²) in [6, 6.07) is 9.21. The van der Waals surface area contributed by atoms with Gasteiger partial charge in [0.15, 0.2) is 0 Å². The number of hydrogen-bond acceptors (Lipinski definition) is 5. The standard InChI is InChI=1S/C32H45N3O4S/c1-6-13-23(4)34(19-8-3)30(39)27-32-17-16-31(5,40-32)25(26(32)29(38)35(27)20-12-21-36)28(37)33(18-7-2)22-24-14-10-9-11-15-24/h7-11,14-15,23,25-27,36H,2-3,6,12-13,16-22H2,1,4-5H3/t23?,25-,26+,27?,31+,32?/m1/s1. The second-order valence-electron chi connectivity index (χ2n) is 11.7. The number of amides is 3. The molecule has 0 saturated carbocycles. The predicted octanol–water partition coefficient (Wildman–Crippen LogP) is 4.27. The van der Waals surface area contributed by atoms with Gasteiger partial charge in [-0.1, -0.05) is 55.8 Å². The second-order valence-corrected chi connectivity index (χ2v) is 13.6. The highest BCUT2D eigenvalue weighted by atomic mass is 32.2. The van der Waals surface area contributed by atoms with Crippen molar-refractivity contribution < 1.29 is 19.5 Å². The molecule has 1 aromatic rings. The smallest absolute Gasteiger partial charge is 0.247 e. The molecule has 3 aliphatic rings. The third-order valence-corrected chi connectivity index (χ3v) is 11.0. The molecule has 1 aromatic carbocycles. The van der Waals surface area contributed by atoms with E-state index in [0.717, 1.165) is 24.8 Å². The van der Waals surface area contributed by atoms with E-state index in [1.54, 1.807) is 33.7 Å². The number of carbonyl (C=O) groups excluding carboxylic acids is 3. The van der Waals surface area contributed by atoms with Gasteiger partial charge in [0.1, 0.15) is 6.04 Å². The molecule has 4 rings (SSSR count). The molecular formula is C32H45N3O4S. The summed E-state index contributed by atoms with van der Waals surface area (Å²) in [5.74, 6) is -1.34. The van der Waals surface area contributed by atoms with Gasteiger partial charge in [0, 0.05) is 43.6 Å². The second kappa shape index (κ2) is 12.5. The third kappa shape index (κ3) is 5.25. The van der Waals surface area contributed by atoms with Gasteiger partial charge in [-0.3, -0.25) is 14.4 Å². The maximum Gasteiger partial charge on any atom is 0.247 e. The van der Waals surface area contributed by atoms with Crippen LogP contribution in [0.1, 0.15) is 58.4 Å². The van der Waals surface area contributed by atoms with Gasteiger partial charge in [-0.2, -0.15) is 0 Å². The number of aliphatic hydroxyl groups excluding tert-OH is 1. The minimum absolute atomic E-state index is 0.00585. The van der Waals surface area contributed by atoms with E-state index in [2.05, 4.69) is 33.9 Å². The van der Waals surface area contributed by atoms with Gasteiger partial charge in [-0.05, 0) is 45.1 Å². The van der Waals surface area contributed by atoms with Crippen LogP contribution in [0.25, 0.3) is 0 Å². The van der Waals surface area contributed by atoms with E-state index in [9.17, 15) is 19.5 Å². The van der Waals surface area contributed by atoms with Crippen molar-refractivity contribution in [3.63, 3.8) is 0 Å². The highest BCUT2D eigenvalue weighted by Crippen LogP contribution is 2.71. The first kappa shape index (κ1) is 30.4. The van der Waals surface area contributed by atoms with Crippen molar-refractivity contribution in [2.45, 2.75) is 81.0 Å². The van der Waals surface area contributed by atoms with E-state index in [1.807, 2.05) is 35.2 Å². The summed E-state index contributed by atoms with van der Waals surface area (Å²) >= 11 is 1.70. The number of carbonyl (C=O) groups is 3. The van der Waals surface area contributed by atoms with Crippen LogP contribution in [0, 0.1) is 11.8 Å². The van der Waals surface area contributed by atoms with Crippen LogP contribution in [0.5, 0.6) is 0 Å². The Morgan fingerprint density at radius 2 is 1.88 bits per heavy atom. The lowest BCUT2D eigenvalue weighted by atomic mass is 9.66. The molecule has 8 heteroatoms. The SMILES string of the molecule is C=CCN(Cc1ccccc1)C(=O)[C@H]1[C@H]2C(=O)N(CCCO)C(C(=O)N(CC=C)C(C)CCC)C23CC[C@]1(C)S3. The van der Waals surface area contributed by atoms with Gasteiger partial charge in [-0.25, -0.2) is 0 Å². The molecule has 3 amide bonds. The Morgan fingerprint density at radius 3 is 2.50 bits per heavy atom. The number of thioether (sulfide) groups is 1. The van der Waals surface area contributed by atoms with E-state index in [-0.39, 0.29) is 30.4 Å². The van der Waals surface area contributed by atoms with Crippen LogP contribution in [0.4, 0.5) is 0 Å². The molecule has 0 aromatic heterocycles. The van der Waals surface area contributed by atoms with Crippen molar-refractivity contribution in [2.24, 2.45) is 11.8 Å². The van der Waals surface area contributed by atoms with E-state index in [4.69, 9.17) is 0 Å². The van der Waals surface area contributed by atoms with E-state index in [0.29, 0.717) is 39.0 Å². The highest BCUT2D eigenvalue weighted by Gasteiger charge is 2.77. The number of aliphatic hydroxyl groups is 1. The highest BCUT2D eigenvalue weighted by molar-refractivity contribution is 8.02. The number of fused-ring (bicyclic) bond motifs is 1. The summed E-state index contributed by atoms with van der Waals surface area (Å²) in [5.41, 5.74) is 1.02. The first-order chi connectivity index (χ1) is 19.2. The van der Waals surface area contributed by atoms with Crippen molar-refractivity contribution in [1.82, 2.24) is 14.7 Å². The van der Waals surface area contributed by atoms with Crippen LogP contribution in [0.15, 0.2) is 55.6 Å². The fourth-order valence-corrected chi connectivity index (χ4v) is 9.65. The van der Waals surface area contributed by atoms with E-state index < -0.39 is 27.4 Å². The van der Waals surface area contributed by atoms with Crippen LogP contribution in [-0.4, -0.2) is 85.3 Å². The molecule has 0 radical (unpaired) electrons. The largest absolute Gasteiger partial charge is 0.396 e. The van der Waals surface area contributed by atoms with Crippen molar-refractivity contribution in [3.05, 3.63) is 61.2 Å². The maximum atomic E-state index is 14.5. The molecular weight excluding hydrogens is 522 g/mol. The molecule has 7 nitrogen and oxygen atoms in total. The lowest BCUT2D eigenvalue weighted by Gasteiger charge is -2.39. The maximum absolute atomic E-state index is 14.5. The van der Waals surface area contributed by atoms with Gasteiger partial charge in [0.25, 0.3) is 0 Å². The molecule has 3 unspecified atom stereocenters. The fraction of sp³-hybridized carbons (Fsp3) is 0.594. The average molecular weight is 568 g/mol. The van der Waals surface area contributed by atoms with Gasteiger partial charge >= 0.3 is 0 Å². The third-order valence-electron chi connectivity index (χ3n) is 9.06. The number of nitrogens with zero attached hydrogens (tertiary/aromatic N) is 3. The van der Waals surface area contributed by atoms with Crippen LogP contribution in [0.2, 0.25) is 0 Å². The molecule has 0 aliphatic carbocycles. The van der Waals surface area contributed by atoms with Crippen LogP contribution in [0.3, 0.4) is 0 Å². The van der Waals surface area contributed by atoms with Crippen molar-refractivity contribution in [1.29, 1.82) is 0 Å². The summed E-state index contributed by atoms with van der Waals surface area (Å²) in [4.78, 5) is 48.5. The zero-order chi connectivity index (χ0) is 29.1. The zero-order valence-corrected chi connectivity index (χ0v) is 25.1. The Kier molecular flexibility index (Phi) is 9.51. The lowest BCUT2D eigenvalue weighted by molar-refractivity contribution is -0.146. The molecule has 40 heavy (non-hydrogen) atoms. The summed E-state index contributed by atoms with van der Waals surface area (Å²) in [7, 11) is 0. The molecule has 3 aliphatic heterocycles. The predicted molar refractivity (Wildman–Crippen MR) is 160 cm³/mol. The first-order valence-corrected chi connectivity index (χ1v) is 15.5. The first-order valence-electron chi connectivity index (χ1n) is 14.7. The summed E-state index contributed by atoms with van der Waals surface area (Å²) < 4.78 is -1.11. The Morgan fingerprint density at radius 1 is 1.18 bits per heavy atom. The minimum Gasteiger partial charge on any atom is -0.396 e. The van der Waals surface area contributed by atoms with Gasteiger partial charge < -0.3 is 19.8 Å². The van der Waals surface area contributed by atoms with Gasteiger partial charge in [-0.15, -0.1) is 24.9 Å². The van der Waals surface area contributed by atoms with Crippen molar-refractivity contribution in [2.75, 3.05) is 26.2 Å². The van der Waals surface area contributed by atoms with Crippen LogP contribution < -0.4 is 0 Å². The molecule has 1 spiro atoms. The average Bonchev–Trinajstić information content (AvgIpc) is 3.50. The van der Waals surface area contributed by atoms with Gasteiger partial charge in [0.2, 0.25) is 17.7 Å². The number of rotatable bonds is 14. The minimum atomic E-state index is -0.670. The summed E-state index contributed by atoms with van der Waals surface area (Å²) in [5, 5.41) is 9.65. The fourth-order valence-electron chi connectivity index (χ4n) is 7.31. The molecule has 218 valence electrons. The monoisotopic (exact) mass is 567 g/mol. The normalized spacial score (nSPS) is 29.2. The van der Waals surface area contributed by atoms with E-state index >= 15 is 0 Å². The van der Waals surface area contributed by atoms with E-state index in [1.165, 1.54) is 0 Å². The Labute approximate surface area is 243 Å². The van der Waals surface area contributed by atoms with Crippen molar-refractivity contribution >= 4 is 29.5 Å². The molecule has 3 fully saturated rings. The Hall–Kier alpha value is -2.58. The Balaban J connectivity index is 1.74. The molecule has 2 bridgehead atoms. The summed E-state index contributed by atoms with van der Waals surface area (Å²) in [6.45, 7) is 15.5. The quantitative estimate of drug-likeness (QED) is 0.340. The molecule has 1 N–H and O–H groups in total. The lowest BCUT2D eigenvalue weighted by Crippen LogP contribution is -2.56. The molecule has 6 atom stereocenters. The number of likely N-dealkylation sites (tertiary alicyclic amines) is 1. The van der Waals surface area contributed by atoms with Crippen LogP contribution >= 0.6 is 11.8 Å². The summed E-state index contributed by atoms with van der Waals surface area (Å²) in [6.07, 6.45) is 7.16. The number of hydrogen-bond donors (Lipinski definition) is 1. The zero-order valence-electron chi connectivity index (χ0n) is 24.3. The van der Waals surface area contributed by atoms with Gasteiger partial charge in [0.05, 0.1) is 16.6 Å². The van der Waals surface area contributed by atoms with Crippen LogP contribution in [-0.2, 0) is 20.9 Å². The van der Waals surface area contributed by atoms with Crippen molar-refractivity contribution in [3.8, 4) is 0 Å². The molecule has 3 saturated heterocycles. The Bertz CT molecular complexity index is 1110. The topological polar surface area (TPSA) is 81.2 Å².